The Morgan fingerprint density at radius 1 is 1.43 bits per heavy atom. The van der Waals surface area contributed by atoms with E-state index in [-0.39, 0.29) is 12.1 Å². The molecule has 2 aliphatic heterocycles. The predicted octanol–water partition coefficient (Wildman–Crippen LogP) is 2.56. The molecule has 120 valence electrons. The molecule has 2 fully saturated rings. The second-order valence-electron chi connectivity index (χ2n) is 6.22. The number of aliphatic carboxylic acids is 1. The molecule has 2 saturated heterocycles. The van der Waals surface area contributed by atoms with Crippen molar-refractivity contribution in [3.8, 4) is 0 Å². The van der Waals surface area contributed by atoms with Crippen LogP contribution < -0.4 is 5.32 Å². The predicted molar refractivity (Wildman–Crippen MR) is 84.7 cm³/mol. The highest BCUT2D eigenvalue weighted by Gasteiger charge is 2.43. The summed E-state index contributed by atoms with van der Waals surface area (Å²) in [7, 11) is 0. The third-order valence-electron chi connectivity index (χ3n) is 4.53. The first-order chi connectivity index (χ1) is 10.1. The van der Waals surface area contributed by atoms with Gasteiger partial charge in [-0.25, -0.2) is 4.79 Å². The number of carboxylic acid groups (broad SMARTS) is 1. The van der Waals surface area contributed by atoms with E-state index in [1.165, 1.54) is 5.75 Å². The van der Waals surface area contributed by atoms with Crippen LogP contribution >= 0.6 is 11.8 Å². The zero-order chi connectivity index (χ0) is 15.3. The fourth-order valence-electron chi connectivity index (χ4n) is 3.39. The molecule has 2 atom stereocenters. The topological polar surface area (TPSA) is 69.6 Å². The maximum absolute atomic E-state index is 12.4. The molecule has 2 aliphatic rings. The first-order valence-corrected chi connectivity index (χ1v) is 9.09. The number of carboxylic acids is 1. The Morgan fingerprint density at radius 3 is 2.86 bits per heavy atom. The van der Waals surface area contributed by atoms with Crippen LogP contribution in [-0.4, -0.2) is 52.6 Å². The highest BCUT2D eigenvalue weighted by Crippen LogP contribution is 2.35. The average Bonchev–Trinajstić information content (AvgIpc) is 2.48. The molecule has 2 amide bonds. The van der Waals surface area contributed by atoms with Gasteiger partial charge in [0, 0.05) is 24.9 Å². The van der Waals surface area contributed by atoms with E-state index in [0.29, 0.717) is 25.9 Å². The maximum atomic E-state index is 12.4. The molecule has 0 radical (unpaired) electrons. The summed E-state index contributed by atoms with van der Waals surface area (Å²) < 4.78 is 0. The number of hydrogen-bond donors (Lipinski definition) is 2. The quantitative estimate of drug-likeness (QED) is 0.837. The molecule has 0 aliphatic carbocycles. The number of thioether (sulfide) groups is 1. The minimum absolute atomic E-state index is 0.0797. The Hall–Kier alpha value is -0.910. The number of hydrogen-bond acceptors (Lipinski definition) is 3. The molecule has 0 saturated carbocycles. The van der Waals surface area contributed by atoms with Crippen LogP contribution in [0.4, 0.5) is 4.79 Å². The van der Waals surface area contributed by atoms with Crippen molar-refractivity contribution >= 4 is 23.8 Å². The lowest BCUT2D eigenvalue weighted by Crippen LogP contribution is -2.54. The first-order valence-electron chi connectivity index (χ1n) is 7.94. The van der Waals surface area contributed by atoms with Gasteiger partial charge in [0.15, 0.2) is 0 Å². The summed E-state index contributed by atoms with van der Waals surface area (Å²) in [6, 6.07) is 0.160. The van der Waals surface area contributed by atoms with Gasteiger partial charge >= 0.3 is 12.0 Å². The molecule has 0 aromatic carbocycles. The molecule has 21 heavy (non-hydrogen) atoms. The zero-order valence-corrected chi connectivity index (χ0v) is 13.6. The highest BCUT2D eigenvalue weighted by atomic mass is 32.2. The summed E-state index contributed by atoms with van der Waals surface area (Å²) in [6.45, 7) is 3.02. The summed E-state index contributed by atoms with van der Waals surface area (Å²) in [4.78, 5) is 25.8. The molecular weight excluding hydrogens is 288 g/mol. The van der Waals surface area contributed by atoms with Gasteiger partial charge in [0.1, 0.15) is 0 Å². The van der Waals surface area contributed by atoms with Gasteiger partial charge in [0.2, 0.25) is 0 Å². The molecule has 5 nitrogen and oxygen atoms in total. The number of likely N-dealkylation sites (tertiary alicyclic amines) is 1. The molecule has 6 heteroatoms. The van der Waals surface area contributed by atoms with Crippen LogP contribution in [0, 0.1) is 5.41 Å². The van der Waals surface area contributed by atoms with Gasteiger partial charge in [0.05, 0.1) is 5.41 Å². The largest absolute Gasteiger partial charge is 0.481 e. The molecule has 0 aromatic rings. The summed E-state index contributed by atoms with van der Waals surface area (Å²) in [5.74, 6) is 1.39. The van der Waals surface area contributed by atoms with Crippen LogP contribution in [-0.2, 0) is 4.79 Å². The number of urea groups is 1. The van der Waals surface area contributed by atoms with E-state index in [1.807, 2.05) is 18.7 Å². The fraction of sp³-hybridized carbons (Fsp3) is 0.867. The normalized spacial score (nSPS) is 30.0. The van der Waals surface area contributed by atoms with Crippen LogP contribution in [0.5, 0.6) is 0 Å². The maximum Gasteiger partial charge on any atom is 0.317 e. The van der Waals surface area contributed by atoms with Crippen LogP contribution in [0.1, 0.15) is 45.4 Å². The number of piperidine rings is 1. The van der Waals surface area contributed by atoms with Crippen molar-refractivity contribution in [3.05, 3.63) is 0 Å². The minimum Gasteiger partial charge on any atom is -0.481 e. The standard InChI is InChI=1S/C15H26N2O3S/c1-2-6-15(13(18)19)7-4-8-17(11-15)14(20)16-12-5-3-9-21-10-12/h12H,2-11H2,1H3,(H,16,20)(H,18,19). The van der Waals surface area contributed by atoms with Crippen molar-refractivity contribution in [3.63, 3.8) is 0 Å². The molecule has 2 N–H and O–H groups in total. The molecule has 2 heterocycles. The molecule has 0 bridgehead atoms. The van der Waals surface area contributed by atoms with Gasteiger partial charge in [0.25, 0.3) is 0 Å². The first kappa shape index (κ1) is 16.5. The number of amides is 2. The van der Waals surface area contributed by atoms with Gasteiger partial charge in [-0.3, -0.25) is 4.79 Å². The average molecular weight is 314 g/mol. The second-order valence-corrected chi connectivity index (χ2v) is 7.37. The Balaban J connectivity index is 1.95. The Labute approximate surface area is 130 Å². The smallest absolute Gasteiger partial charge is 0.317 e. The third kappa shape index (κ3) is 4.05. The van der Waals surface area contributed by atoms with Gasteiger partial charge in [-0.2, -0.15) is 11.8 Å². The number of nitrogens with one attached hydrogen (secondary N) is 1. The van der Waals surface area contributed by atoms with Crippen molar-refractivity contribution in [1.82, 2.24) is 10.2 Å². The third-order valence-corrected chi connectivity index (χ3v) is 5.75. The summed E-state index contributed by atoms with van der Waals surface area (Å²) >= 11 is 1.88. The molecule has 0 aromatic heterocycles. The monoisotopic (exact) mass is 314 g/mol. The van der Waals surface area contributed by atoms with E-state index < -0.39 is 11.4 Å². The zero-order valence-electron chi connectivity index (χ0n) is 12.8. The van der Waals surface area contributed by atoms with Gasteiger partial charge < -0.3 is 15.3 Å². The lowest BCUT2D eigenvalue weighted by Gasteiger charge is -2.40. The minimum atomic E-state index is -0.755. The van der Waals surface area contributed by atoms with Gasteiger partial charge in [-0.05, 0) is 37.9 Å². The number of carbonyl (C=O) groups is 2. The van der Waals surface area contributed by atoms with E-state index in [2.05, 4.69) is 5.32 Å². The Morgan fingerprint density at radius 2 is 2.24 bits per heavy atom. The SMILES string of the molecule is CCCC1(C(=O)O)CCCN(C(=O)NC2CCCSC2)C1. The second kappa shape index (κ2) is 7.38. The van der Waals surface area contributed by atoms with Crippen molar-refractivity contribution in [2.24, 2.45) is 5.41 Å². The van der Waals surface area contributed by atoms with Gasteiger partial charge in [-0.1, -0.05) is 13.3 Å². The van der Waals surface area contributed by atoms with Crippen LogP contribution in [0.2, 0.25) is 0 Å². The van der Waals surface area contributed by atoms with Crippen LogP contribution in [0.25, 0.3) is 0 Å². The molecular formula is C15H26N2O3S. The van der Waals surface area contributed by atoms with E-state index >= 15 is 0 Å². The van der Waals surface area contributed by atoms with Crippen molar-refractivity contribution in [1.29, 1.82) is 0 Å². The van der Waals surface area contributed by atoms with Crippen molar-refractivity contribution in [2.75, 3.05) is 24.6 Å². The van der Waals surface area contributed by atoms with Crippen LogP contribution in [0.15, 0.2) is 0 Å². The van der Waals surface area contributed by atoms with E-state index in [1.54, 1.807) is 4.90 Å². The number of rotatable bonds is 4. The van der Waals surface area contributed by atoms with Crippen molar-refractivity contribution in [2.45, 2.75) is 51.5 Å². The van der Waals surface area contributed by atoms with E-state index in [0.717, 1.165) is 31.4 Å². The van der Waals surface area contributed by atoms with Crippen LogP contribution in [0.3, 0.4) is 0 Å². The highest BCUT2D eigenvalue weighted by molar-refractivity contribution is 7.99. The van der Waals surface area contributed by atoms with E-state index in [9.17, 15) is 14.7 Å². The summed E-state index contributed by atoms with van der Waals surface area (Å²) in [5, 5.41) is 12.7. The molecule has 2 unspecified atom stereocenters. The van der Waals surface area contributed by atoms with Crippen molar-refractivity contribution < 1.29 is 14.7 Å². The number of carbonyl (C=O) groups excluding carboxylic acids is 1. The lowest BCUT2D eigenvalue weighted by atomic mass is 9.76. The number of nitrogens with zero attached hydrogens (tertiary/aromatic N) is 1. The Kier molecular flexibility index (Phi) is 5.79. The van der Waals surface area contributed by atoms with E-state index in [4.69, 9.17) is 0 Å². The summed E-state index contributed by atoms with van der Waals surface area (Å²) in [5.41, 5.74) is -0.744. The van der Waals surface area contributed by atoms with Gasteiger partial charge in [-0.15, -0.1) is 0 Å². The fourth-order valence-corrected chi connectivity index (χ4v) is 4.46. The Bertz CT molecular complexity index is 381. The molecule has 0 spiro atoms. The summed E-state index contributed by atoms with van der Waals surface area (Å²) in [6.07, 6.45) is 5.11. The lowest BCUT2D eigenvalue weighted by molar-refractivity contribution is -0.152. The molecule has 2 rings (SSSR count).